The fraction of sp³-hybridized carbons (Fsp3) is 0.250. The van der Waals surface area contributed by atoms with E-state index in [0.29, 0.717) is 31.1 Å². The standard InChI is InChI=1S/C20H17F4N5O2.ClH/c21-15-9-13(20(22,23)24)10-26-18(15)29-7-5-16(28-29)19(30)27-14-3-1-12(2-4-14)17-11-25-6-8-31-17;/h1-5,7,9-10,17,25H,6,8,11H2,(H,27,30);1H/t17-;/m1./s1. The molecule has 2 N–H and O–H groups in total. The molecule has 1 aliphatic rings. The number of ether oxygens (including phenoxy) is 1. The summed E-state index contributed by atoms with van der Waals surface area (Å²) in [5.74, 6) is -2.22. The number of nitrogens with one attached hydrogen (secondary N) is 2. The first kappa shape index (κ1) is 23.6. The fourth-order valence-corrected chi connectivity index (χ4v) is 3.07. The summed E-state index contributed by atoms with van der Waals surface area (Å²) >= 11 is 0. The maximum absolute atomic E-state index is 14.1. The molecule has 4 rings (SSSR count). The molecule has 2 aromatic heterocycles. The number of rotatable bonds is 4. The quantitative estimate of drug-likeness (QED) is 0.566. The molecule has 0 unspecified atom stereocenters. The van der Waals surface area contributed by atoms with E-state index in [2.05, 4.69) is 20.7 Å². The van der Waals surface area contributed by atoms with Gasteiger partial charge in [0.2, 0.25) is 0 Å². The first-order chi connectivity index (χ1) is 14.8. The molecule has 0 radical (unpaired) electrons. The number of carbonyl (C=O) groups is 1. The molecule has 3 aromatic rings. The second kappa shape index (κ2) is 9.63. The molecular weight excluding hydrogens is 454 g/mol. The van der Waals surface area contributed by atoms with Gasteiger partial charge in [-0.1, -0.05) is 12.1 Å². The number of morpholine rings is 1. The van der Waals surface area contributed by atoms with Crippen LogP contribution in [0.4, 0.5) is 23.2 Å². The SMILES string of the molecule is Cl.O=C(Nc1ccc([C@H]2CNCCO2)cc1)c1ccn(-c2ncc(C(F)(F)F)cc2F)n1. The lowest BCUT2D eigenvalue weighted by molar-refractivity contribution is -0.138. The Morgan fingerprint density at radius 3 is 2.59 bits per heavy atom. The van der Waals surface area contributed by atoms with Gasteiger partial charge >= 0.3 is 6.18 Å². The van der Waals surface area contributed by atoms with Crippen LogP contribution in [0.1, 0.15) is 27.7 Å². The van der Waals surface area contributed by atoms with Crippen LogP contribution in [0.2, 0.25) is 0 Å². The van der Waals surface area contributed by atoms with Crippen molar-refractivity contribution < 1.29 is 27.1 Å². The summed E-state index contributed by atoms with van der Waals surface area (Å²) in [6.07, 6.45) is -3.02. The molecule has 1 aliphatic heterocycles. The number of amides is 1. The Hall–Kier alpha value is -3.02. The van der Waals surface area contributed by atoms with Gasteiger partial charge in [-0.25, -0.2) is 14.1 Å². The van der Waals surface area contributed by atoms with Gasteiger partial charge in [-0.2, -0.15) is 18.3 Å². The largest absolute Gasteiger partial charge is 0.417 e. The first-order valence-electron chi connectivity index (χ1n) is 9.34. The summed E-state index contributed by atoms with van der Waals surface area (Å²) in [5.41, 5.74) is 0.228. The summed E-state index contributed by atoms with van der Waals surface area (Å²) in [6.45, 7) is 2.14. The monoisotopic (exact) mass is 471 g/mol. The van der Waals surface area contributed by atoms with E-state index >= 15 is 0 Å². The highest BCUT2D eigenvalue weighted by Gasteiger charge is 2.32. The van der Waals surface area contributed by atoms with Crippen molar-refractivity contribution in [2.45, 2.75) is 12.3 Å². The number of benzene rings is 1. The lowest BCUT2D eigenvalue weighted by Crippen LogP contribution is -2.33. The summed E-state index contributed by atoms with van der Waals surface area (Å²) in [4.78, 5) is 15.9. The second-order valence-electron chi connectivity index (χ2n) is 6.81. The Labute approximate surface area is 186 Å². The van der Waals surface area contributed by atoms with Crippen LogP contribution in [0.25, 0.3) is 5.82 Å². The van der Waals surface area contributed by atoms with Crippen LogP contribution in [0.5, 0.6) is 0 Å². The average molecular weight is 472 g/mol. The molecule has 0 spiro atoms. The van der Waals surface area contributed by atoms with Crippen LogP contribution in [0.3, 0.4) is 0 Å². The third kappa shape index (κ3) is 5.23. The van der Waals surface area contributed by atoms with Gasteiger partial charge in [0.25, 0.3) is 5.91 Å². The van der Waals surface area contributed by atoms with E-state index in [9.17, 15) is 22.4 Å². The summed E-state index contributed by atoms with van der Waals surface area (Å²) in [6, 6.07) is 8.76. The van der Waals surface area contributed by atoms with Gasteiger partial charge in [-0.3, -0.25) is 4.79 Å². The molecule has 7 nitrogen and oxygen atoms in total. The molecule has 0 saturated carbocycles. The summed E-state index contributed by atoms with van der Waals surface area (Å²) in [7, 11) is 0. The summed E-state index contributed by atoms with van der Waals surface area (Å²) < 4.78 is 58.6. The van der Waals surface area contributed by atoms with Crippen molar-refractivity contribution in [2.75, 3.05) is 25.0 Å². The predicted molar refractivity (Wildman–Crippen MR) is 110 cm³/mol. The molecule has 3 heterocycles. The third-order valence-electron chi connectivity index (χ3n) is 4.66. The topological polar surface area (TPSA) is 81.1 Å². The van der Waals surface area contributed by atoms with Crippen molar-refractivity contribution >= 4 is 24.0 Å². The Kier molecular flexibility index (Phi) is 7.12. The van der Waals surface area contributed by atoms with E-state index in [1.807, 2.05) is 12.1 Å². The molecule has 170 valence electrons. The van der Waals surface area contributed by atoms with Crippen molar-refractivity contribution in [3.05, 3.63) is 71.4 Å². The lowest BCUT2D eigenvalue weighted by atomic mass is 10.1. The maximum Gasteiger partial charge on any atom is 0.417 e. The molecule has 0 aliphatic carbocycles. The summed E-state index contributed by atoms with van der Waals surface area (Å²) in [5, 5.41) is 9.81. The molecular formula is C20H18ClF4N5O2. The van der Waals surface area contributed by atoms with E-state index in [1.54, 1.807) is 12.1 Å². The molecule has 1 saturated heterocycles. The van der Waals surface area contributed by atoms with Crippen molar-refractivity contribution in [1.82, 2.24) is 20.1 Å². The van der Waals surface area contributed by atoms with Crippen molar-refractivity contribution in [3.8, 4) is 5.82 Å². The van der Waals surface area contributed by atoms with Gasteiger partial charge in [0.15, 0.2) is 17.3 Å². The average Bonchev–Trinajstić information content (AvgIpc) is 3.24. The molecule has 32 heavy (non-hydrogen) atoms. The van der Waals surface area contributed by atoms with Crippen LogP contribution < -0.4 is 10.6 Å². The van der Waals surface area contributed by atoms with E-state index in [4.69, 9.17) is 4.74 Å². The third-order valence-corrected chi connectivity index (χ3v) is 4.66. The number of halogens is 5. The molecule has 12 heteroatoms. The minimum Gasteiger partial charge on any atom is -0.371 e. The fourth-order valence-electron chi connectivity index (χ4n) is 3.07. The minimum atomic E-state index is -4.71. The van der Waals surface area contributed by atoms with Crippen molar-refractivity contribution in [1.29, 1.82) is 0 Å². The van der Waals surface area contributed by atoms with E-state index in [0.717, 1.165) is 16.8 Å². The number of hydrogen-bond donors (Lipinski definition) is 2. The number of anilines is 1. The minimum absolute atomic E-state index is 0. The Bertz CT molecular complexity index is 1080. The highest BCUT2D eigenvalue weighted by atomic mass is 35.5. The Morgan fingerprint density at radius 2 is 1.97 bits per heavy atom. The number of nitrogens with zero attached hydrogens (tertiary/aromatic N) is 3. The number of aromatic nitrogens is 3. The molecule has 1 amide bonds. The second-order valence-corrected chi connectivity index (χ2v) is 6.81. The first-order valence-corrected chi connectivity index (χ1v) is 9.34. The Morgan fingerprint density at radius 1 is 1.22 bits per heavy atom. The maximum atomic E-state index is 14.1. The zero-order chi connectivity index (χ0) is 22.0. The van der Waals surface area contributed by atoms with E-state index in [-0.39, 0.29) is 24.2 Å². The number of pyridine rings is 1. The highest BCUT2D eigenvalue weighted by Crippen LogP contribution is 2.29. The Balaban J connectivity index is 0.00000289. The zero-order valence-corrected chi connectivity index (χ0v) is 17.2. The van der Waals surface area contributed by atoms with Gasteiger partial charge in [0, 0.05) is 31.2 Å². The predicted octanol–water partition coefficient (Wildman–Crippen LogP) is 3.76. The van der Waals surface area contributed by atoms with Gasteiger partial charge in [0.05, 0.1) is 18.3 Å². The number of carbonyl (C=O) groups excluding carboxylic acids is 1. The molecule has 1 atom stereocenters. The number of hydrogen-bond acceptors (Lipinski definition) is 5. The van der Waals surface area contributed by atoms with E-state index < -0.39 is 29.3 Å². The molecule has 1 aromatic carbocycles. The smallest absolute Gasteiger partial charge is 0.371 e. The van der Waals surface area contributed by atoms with Gasteiger partial charge in [-0.15, -0.1) is 12.4 Å². The van der Waals surface area contributed by atoms with Crippen LogP contribution in [-0.4, -0.2) is 40.4 Å². The van der Waals surface area contributed by atoms with Gasteiger partial charge < -0.3 is 15.4 Å². The molecule has 1 fully saturated rings. The highest BCUT2D eigenvalue weighted by molar-refractivity contribution is 6.02. The molecule has 0 bridgehead atoms. The van der Waals surface area contributed by atoms with Crippen molar-refractivity contribution in [2.24, 2.45) is 0 Å². The number of alkyl halides is 3. The van der Waals surface area contributed by atoms with E-state index in [1.165, 1.54) is 12.3 Å². The van der Waals surface area contributed by atoms with Gasteiger partial charge in [0.1, 0.15) is 0 Å². The zero-order valence-electron chi connectivity index (χ0n) is 16.4. The lowest BCUT2D eigenvalue weighted by Gasteiger charge is -2.24. The van der Waals surface area contributed by atoms with Crippen LogP contribution >= 0.6 is 12.4 Å². The van der Waals surface area contributed by atoms with Crippen LogP contribution in [0.15, 0.2) is 48.8 Å². The van der Waals surface area contributed by atoms with Crippen LogP contribution in [-0.2, 0) is 10.9 Å². The van der Waals surface area contributed by atoms with Gasteiger partial charge in [-0.05, 0) is 29.8 Å². The normalized spacial score (nSPS) is 16.3. The van der Waals surface area contributed by atoms with Crippen LogP contribution in [0, 0.1) is 5.82 Å². The van der Waals surface area contributed by atoms with Crippen molar-refractivity contribution in [3.63, 3.8) is 0 Å².